The van der Waals surface area contributed by atoms with Crippen LogP contribution in [-0.2, 0) is 4.79 Å². The smallest absolute Gasteiger partial charge is 0.314 e. The summed E-state index contributed by atoms with van der Waals surface area (Å²) < 4.78 is 0. The summed E-state index contributed by atoms with van der Waals surface area (Å²) in [6.45, 7) is 8.35. The van der Waals surface area contributed by atoms with Crippen molar-refractivity contribution in [3.8, 4) is 0 Å². The molecule has 0 aromatic carbocycles. The molecule has 0 aromatic rings. The Balaban J connectivity index is 3.42. The van der Waals surface area contributed by atoms with Gasteiger partial charge in [0, 0.05) is 25.2 Å². The van der Waals surface area contributed by atoms with E-state index in [0.29, 0.717) is 25.2 Å². The van der Waals surface area contributed by atoms with Crippen molar-refractivity contribution in [3.05, 3.63) is 12.2 Å². The number of urea groups is 1. The number of nitrogens with one attached hydrogen (secondary N) is 3. The maximum absolute atomic E-state index is 11.0. The standard InChI is InChI=1S/C9H17N3O2/c1-4-10-9(14)12-6-5-11-8(13)7(2)3/h2,4-6H2,1,3H3,(H,11,13)(H2,10,12,14). The zero-order chi connectivity index (χ0) is 11.0. The van der Waals surface area contributed by atoms with Crippen LogP contribution in [0.4, 0.5) is 4.79 Å². The van der Waals surface area contributed by atoms with E-state index in [9.17, 15) is 9.59 Å². The Morgan fingerprint density at radius 2 is 1.71 bits per heavy atom. The minimum Gasteiger partial charge on any atom is -0.351 e. The Hall–Kier alpha value is -1.52. The molecule has 0 radical (unpaired) electrons. The maximum atomic E-state index is 11.0. The van der Waals surface area contributed by atoms with Crippen LogP contribution in [0.1, 0.15) is 13.8 Å². The SMILES string of the molecule is C=C(C)C(=O)NCCNC(=O)NCC. The van der Waals surface area contributed by atoms with Crippen LogP contribution in [0.3, 0.4) is 0 Å². The fourth-order valence-electron chi connectivity index (χ4n) is 0.726. The monoisotopic (exact) mass is 199 g/mol. The lowest BCUT2D eigenvalue weighted by molar-refractivity contribution is -0.117. The van der Waals surface area contributed by atoms with Crippen LogP contribution < -0.4 is 16.0 Å². The molecule has 0 rings (SSSR count). The third-order valence-corrected chi connectivity index (χ3v) is 1.42. The molecule has 3 N–H and O–H groups in total. The van der Waals surface area contributed by atoms with Gasteiger partial charge in [-0.05, 0) is 13.8 Å². The molecule has 0 spiro atoms. The van der Waals surface area contributed by atoms with Crippen LogP contribution in [0, 0.1) is 0 Å². The molecule has 0 saturated heterocycles. The molecule has 5 heteroatoms. The van der Waals surface area contributed by atoms with Crippen molar-refractivity contribution < 1.29 is 9.59 Å². The lowest BCUT2D eigenvalue weighted by Crippen LogP contribution is -2.40. The highest BCUT2D eigenvalue weighted by Gasteiger charge is 2.00. The third-order valence-electron chi connectivity index (χ3n) is 1.42. The van der Waals surface area contributed by atoms with E-state index in [1.807, 2.05) is 6.92 Å². The van der Waals surface area contributed by atoms with Gasteiger partial charge in [-0.3, -0.25) is 4.79 Å². The molecule has 80 valence electrons. The summed E-state index contributed by atoms with van der Waals surface area (Å²) >= 11 is 0. The Bertz CT molecular complexity index is 226. The summed E-state index contributed by atoms with van der Waals surface area (Å²) in [6, 6.07) is -0.225. The highest BCUT2D eigenvalue weighted by atomic mass is 16.2. The van der Waals surface area contributed by atoms with Crippen molar-refractivity contribution in [2.75, 3.05) is 19.6 Å². The first-order chi connectivity index (χ1) is 6.57. The zero-order valence-corrected chi connectivity index (χ0v) is 8.64. The van der Waals surface area contributed by atoms with Gasteiger partial charge in [0.15, 0.2) is 0 Å². The van der Waals surface area contributed by atoms with Gasteiger partial charge in [-0.15, -0.1) is 0 Å². The Kier molecular flexibility index (Phi) is 6.19. The second-order valence-electron chi connectivity index (χ2n) is 2.82. The van der Waals surface area contributed by atoms with E-state index in [2.05, 4.69) is 22.5 Å². The first-order valence-corrected chi connectivity index (χ1v) is 4.53. The lowest BCUT2D eigenvalue weighted by atomic mass is 10.3. The number of amides is 3. The molecule has 0 aliphatic carbocycles. The topological polar surface area (TPSA) is 70.2 Å². The molecule has 0 aromatic heterocycles. The minimum absolute atomic E-state index is 0.192. The van der Waals surface area contributed by atoms with Gasteiger partial charge in [-0.2, -0.15) is 0 Å². The van der Waals surface area contributed by atoms with E-state index >= 15 is 0 Å². The predicted molar refractivity (Wildman–Crippen MR) is 54.9 cm³/mol. The van der Waals surface area contributed by atoms with Crippen LogP contribution in [-0.4, -0.2) is 31.6 Å². The third kappa shape index (κ3) is 6.05. The van der Waals surface area contributed by atoms with Crippen LogP contribution in [0.15, 0.2) is 12.2 Å². The average molecular weight is 199 g/mol. The molecule has 0 unspecified atom stereocenters. The van der Waals surface area contributed by atoms with E-state index in [0.717, 1.165) is 0 Å². The van der Waals surface area contributed by atoms with Gasteiger partial charge in [-0.25, -0.2) is 4.79 Å². The summed E-state index contributed by atoms with van der Waals surface area (Å²) in [6.07, 6.45) is 0. The van der Waals surface area contributed by atoms with Crippen molar-refractivity contribution in [1.82, 2.24) is 16.0 Å². The molecule has 0 fully saturated rings. The van der Waals surface area contributed by atoms with Crippen molar-refractivity contribution in [2.45, 2.75) is 13.8 Å². The first-order valence-electron chi connectivity index (χ1n) is 4.53. The quantitative estimate of drug-likeness (QED) is 0.431. The van der Waals surface area contributed by atoms with Gasteiger partial charge < -0.3 is 16.0 Å². The summed E-state index contributed by atoms with van der Waals surface area (Å²) in [5, 5.41) is 7.76. The Morgan fingerprint density at radius 3 is 2.21 bits per heavy atom. The van der Waals surface area contributed by atoms with E-state index in [-0.39, 0.29) is 11.9 Å². The fraction of sp³-hybridized carbons (Fsp3) is 0.556. The van der Waals surface area contributed by atoms with Gasteiger partial charge in [0.1, 0.15) is 0 Å². The van der Waals surface area contributed by atoms with Crippen molar-refractivity contribution in [1.29, 1.82) is 0 Å². The van der Waals surface area contributed by atoms with Gasteiger partial charge in [0.05, 0.1) is 0 Å². The molecule has 3 amide bonds. The highest BCUT2D eigenvalue weighted by molar-refractivity contribution is 5.92. The summed E-state index contributed by atoms with van der Waals surface area (Å²) in [7, 11) is 0. The van der Waals surface area contributed by atoms with Crippen molar-refractivity contribution >= 4 is 11.9 Å². The summed E-state index contributed by atoms with van der Waals surface area (Å²) in [5.74, 6) is -0.192. The van der Waals surface area contributed by atoms with Crippen LogP contribution >= 0.6 is 0 Å². The molecule has 5 nitrogen and oxygen atoms in total. The zero-order valence-electron chi connectivity index (χ0n) is 8.64. The fourth-order valence-corrected chi connectivity index (χ4v) is 0.726. The van der Waals surface area contributed by atoms with E-state index in [1.165, 1.54) is 0 Å². The predicted octanol–water partition coefficient (Wildman–Crippen LogP) is -0.00220. The number of hydrogen-bond donors (Lipinski definition) is 3. The van der Waals surface area contributed by atoms with Crippen molar-refractivity contribution in [3.63, 3.8) is 0 Å². The molecule has 0 saturated carbocycles. The van der Waals surface area contributed by atoms with Gasteiger partial charge in [-0.1, -0.05) is 6.58 Å². The Morgan fingerprint density at radius 1 is 1.14 bits per heavy atom. The van der Waals surface area contributed by atoms with Crippen LogP contribution in [0.2, 0.25) is 0 Å². The molecule has 14 heavy (non-hydrogen) atoms. The molecular formula is C9H17N3O2. The largest absolute Gasteiger partial charge is 0.351 e. The minimum atomic E-state index is -0.225. The number of carbonyl (C=O) groups excluding carboxylic acids is 2. The highest BCUT2D eigenvalue weighted by Crippen LogP contribution is 1.83. The average Bonchev–Trinajstić information content (AvgIpc) is 2.12. The van der Waals surface area contributed by atoms with Crippen molar-refractivity contribution in [2.24, 2.45) is 0 Å². The molecule has 0 atom stereocenters. The van der Waals surface area contributed by atoms with E-state index < -0.39 is 0 Å². The van der Waals surface area contributed by atoms with Gasteiger partial charge in [0.25, 0.3) is 0 Å². The summed E-state index contributed by atoms with van der Waals surface area (Å²) in [4.78, 5) is 21.8. The molecule has 0 heterocycles. The van der Waals surface area contributed by atoms with E-state index in [1.54, 1.807) is 6.92 Å². The van der Waals surface area contributed by atoms with Crippen LogP contribution in [0.5, 0.6) is 0 Å². The molecule has 0 bridgehead atoms. The van der Waals surface area contributed by atoms with Gasteiger partial charge in [0.2, 0.25) is 5.91 Å². The Labute approximate surface area is 83.9 Å². The number of hydrogen-bond acceptors (Lipinski definition) is 2. The second kappa shape index (κ2) is 6.94. The molecule has 0 aliphatic heterocycles. The maximum Gasteiger partial charge on any atom is 0.314 e. The number of carbonyl (C=O) groups is 2. The first kappa shape index (κ1) is 12.5. The van der Waals surface area contributed by atoms with Crippen LogP contribution in [0.25, 0.3) is 0 Å². The number of rotatable bonds is 5. The normalized spacial score (nSPS) is 9.00. The molecule has 0 aliphatic rings. The second-order valence-corrected chi connectivity index (χ2v) is 2.82. The summed E-state index contributed by atoms with van der Waals surface area (Å²) in [5.41, 5.74) is 0.461. The molecular weight excluding hydrogens is 182 g/mol. The van der Waals surface area contributed by atoms with E-state index in [4.69, 9.17) is 0 Å². The lowest BCUT2D eigenvalue weighted by Gasteiger charge is -2.06. The van der Waals surface area contributed by atoms with Gasteiger partial charge >= 0.3 is 6.03 Å².